The molecule has 0 aliphatic rings. The highest BCUT2D eigenvalue weighted by Gasteiger charge is 2.04. The third kappa shape index (κ3) is 8.83. The minimum atomic E-state index is -0.445. The maximum absolute atomic E-state index is 10.8. The number of H-pyrrole nitrogens is 1. The van der Waals surface area contributed by atoms with Crippen molar-refractivity contribution >= 4 is 23.5 Å². The Balaban J connectivity index is 1.61. The molecule has 3 N–H and O–H groups in total. The average molecular weight is 409 g/mol. The van der Waals surface area contributed by atoms with Crippen LogP contribution >= 0.6 is 23.5 Å². The summed E-state index contributed by atoms with van der Waals surface area (Å²) < 4.78 is 0. The van der Waals surface area contributed by atoms with E-state index in [1.165, 1.54) is 5.56 Å². The maximum Gasteiger partial charge on any atom is 0.274 e. The Morgan fingerprint density at radius 2 is 1.89 bits per heavy atom. The first-order chi connectivity index (χ1) is 13.1. The van der Waals surface area contributed by atoms with Gasteiger partial charge in [-0.15, -0.1) is 0 Å². The van der Waals surface area contributed by atoms with Gasteiger partial charge in [0.1, 0.15) is 0 Å². The van der Waals surface area contributed by atoms with Gasteiger partial charge in [0.05, 0.1) is 16.9 Å². The molecule has 0 fully saturated rings. The third-order valence-corrected chi connectivity index (χ3v) is 5.55. The second kappa shape index (κ2) is 12.2. The van der Waals surface area contributed by atoms with E-state index in [9.17, 15) is 10.1 Å². The van der Waals surface area contributed by atoms with Crippen molar-refractivity contribution in [1.29, 1.82) is 0 Å². The fraction of sp³-hybridized carbons (Fsp3) is 0.412. The smallest absolute Gasteiger partial charge is 0.274 e. The van der Waals surface area contributed by atoms with Gasteiger partial charge in [0, 0.05) is 54.2 Å². The van der Waals surface area contributed by atoms with Crippen LogP contribution in [-0.2, 0) is 11.5 Å². The molecule has 0 aliphatic carbocycles. The first kappa shape index (κ1) is 21.1. The molecule has 2 heterocycles. The first-order valence-corrected chi connectivity index (χ1v) is 10.8. The molecule has 0 saturated heterocycles. The highest BCUT2D eigenvalue weighted by Crippen LogP contribution is 2.12. The van der Waals surface area contributed by atoms with Crippen LogP contribution in [0.3, 0.4) is 0 Å². The number of aromatic nitrogens is 3. The highest BCUT2D eigenvalue weighted by molar-refractivity contribution is 7.98. The topological polar surface area (TPSA) is 109 Å². The number of rotatable bonds is 13. The average Bonchev–Trinajstić information content (AvgIpc) is 3.06. The van der Waals surface area contributed by atoms with Gasteiger partial charge in [-0.25, -0.2) is 4.98 Å². The molecule has 8 nitrogen and oxygen atoms in total. The Bertz CT molecular complexity index is 723. The van der Waals surface area contributed by atoms with E-state index in [1.54, 1.807) is 42.2 Å². The number of hydrogen-bond acceptors (Lipinski definition) is 8. The van der Waals surface area contributed by atoms with Crippen LogP contribution in [-0.4, -0.2) is 44.5 Å². The molecule has 2 rings (SSSR count). The summed E-state index contributed by atoms with van der Waals surface area (Å²) in [5.41, 5.74) is 3.35. The van der Waals surface area contributed by atoms with Crippen molar-refractivity contribution in [1.82, 2.24) is 25.6 Å². The number of nitro groups is 1. The van der Waals surface area contributed by atoms with Crippen molar-refractivity contribution < 1.29 is 4.92 Å². The zero-order chi connectivity index (χ0) is 19.3. The van der Waals surface area contributed by atoms with E-state index >= 15 is 0 Å². The SMILES string of the molecule is Cc1[nH]cnc1CSCCN/C(=C\[N+](=O)[O-])NCCSCc1ccncc1. The number of aromatic amines is 1. The van der Waals surface area contributed by atoms with Gasteiger partial charge in [-0.2, -0.15) is 23.5 Å². The second-order valence-corrected chi connectivity index (χ2v) is 7.83. The van der Waals surface area contributed by atoms with Gasteiger partial charge >= 0.3 is 0 Å². The number of pyridine rings is 1. The lowest BCUT2D eigenvalue weighted by Crippen LogP contribution is -2.30. The van der Waals surface area contributed by atoms with Gasteiger partial charge in [-0.3, -0.25) is 15.1 Å². The predicted octanol–water partition coefficient (Wildman–Crippen LogP) is 2.53. The third-order valence-electron chi connectivity index (χ3n) is 3.55. The van der Waals surface area contributed by atoms with E-state index in [2.05, 4.69) is 25.6 Å². The number of aryl methyl sites for hydroxylation is 1. The van der Waals surface area contributed by atoms with Crippen molar-refractivity contribution in [3.8, 4) is 0 Å². The molecule has 0 unspecified atom stereocenters. The van der Waals surface area contributed by atoms with Crippen LogP contribution in [0, 0.1) is 17.0 Å². The Hall–Kier alpha value is -2.20. The Kier molecular flexibility index (Phi) is 9.56. The minimum absolute atomic E-state index is 0.445. The summed E-state index contributed by atoms with van der Waals surface area (Å²) in [4.78, 5) is 21.6. The molecular weight excluding hydrogens is 384 g/mol. The molecule has 0 spiro atoms. The first-order valence-electron chi connectivity index (χ1n) is 8.51. The normalized spacial score (nSPS) is 11.4. The summed E-state index contributed by atoms with van der Waals surface area (Å²) in [6.45, 7) is 3.29. The van der Waals surface area contributed by atoms with Crippen LogP contribution in [0.1, 0.15) is 17.0 Å². The van der Waals surface area contributed by atoms with Crippen LogP contribution in [0.4, 0.5) is 0 Å². The molecule has 0 saturated carbocycles. The van der Waals surface area contributed by atoms with Crippen LogP contribution in [0.2, 0.25) is 0 Å². The van der Waals surface area contributed by atoms with Crippen LogP contribution < -0.4 is 10.6 Å². The summed E-state index contributed by atoms with van der Waals surface area (Å²) in [6.07, 6.45) is 6.23. The van der Waals surface area contributed by atoms with Gasteiger partial charge in [0.25, 0.3) is 6.20 Å². The molecule has 27 heavy (non-hydrogen) atoms. The summed E-state index contributed by atoms with van der Waals surface area (Å²) >= 11 is 3.51. The number of imidazole rings is 1. The Morgan fingerprint density at radius 3 is 2.48 bits per heavy atom. The standard InChI is InChI=1S/C17H24N6O2S2/c1-14-16(22-13-21-14)12-27-9-7-20-17(10-23(24)25)19-6-8-26-11-15-2-4-18-5-3-15/h2-5,10,13,19-20H,6-9,11-12H2,1H3,(H,21,22)/b17-10-. The number of nitrogens with zero attached hydrogens (tertiary/aromatic N) is 3. The van der Waals surface area contributed by atoms with E-state index < -0.39 is 4.92 Å². The molecule has 2 aromatic rings. The van der Waals surface area contributed by atoms with Crippen molar-refractivity contribution in [3.05, 3.63) is 69.9 Å². The van der Waals surface area contributed by atoms with Crippen molar-refractivity contribution in [2.75, 3.05) is 24.6 Å². The van der Waals surface area contributed by atoms with Crippen LogP contribution in [0.15, 0.2) is 42.9 Å². The summed E-state index contributed by atoms with van der Waals surface area (Å²) in [5.74, 6) is 3.85. The molecule has 0 amide bonds. The molecule has 0 aliphatic heterocycles. The van der Waals surface area contributed by atoms with E-state index in [1.807, 2.05) is 19.1 Å². The number of thioether (sulfide) groups is 2. The zero-order valence-electron chi connectivity index (χ0n) is 15.2. The molecule has 0 aromatic carbocycles. The molecule has 0 atom stereocenters. The molecule has 0 radical (unpaired) electrons. The summed E-state index contributed by atoms with van der Waals surface area (Å²) in [5, 5.41) is 17.0. The largest absolute Gasteiger partial charge is 0.366 e. The number of hydrogen-bond donors (Lipinski definition) is 3. The molecule has 146 valence electrons. The highest BCUT2D eigenvalue weighted by atomic mass is 32.2. The lowest BCUT2D eigenvalue weighted by Gasteiger charge is -2.11. The van der Waals surface area contributed by atoms with E-state index in [4.69, 9.17) is 0 Å². The maximum atomic E-state index is 10.8. The van der Waals surface area contributed by atoms with Crippen molar-refractivity contribution in [2.24, 2.45) is 0 Å². The second-order valence-electron chi connectivity index (χ2n) is 5.62. The molecule has 2 aromatic heterocycles. The molecule has 10 heteroatoms. The van der Waals surface area contributed by atoms with Gasteiger partial charge in [-0.05, 0) is 24.6 Å². The molecule has 0 bridgehead atoms. The summed E-state index contributed by atoms with van der Waals surface area (Å²) in [7, 11) is 0. The quantitative estimate of drug-likeness (QED) is 0.264. The van der Waals surface area contributed by atoms with Crippen LogP contribution in [0.5, 0.6) is 0 Å². The van der Waals surface area contributed by atoms with Gasteiger partial charge < -0.3 is 15.6 Å². The predicted molar refractivity (Wildman–Crippen MR) is 111 cm³/mol. The monoisotopic (exact) mass is 408 g/mol. The van der Waals surface area contributed by atoms with Crippen molar-refractivity contribution in [3.63, 3.8) is 0 Å². The fourth-order valence-corrected chi connectivity index (χ4v) is 3.84. The van der Waals surface area contributed by atoms with Gasteiger partial charge in [0.2, 0.25) is 0 Å². The fourth-order valence-electron chi connectivity index (χ4n) is 2.15. The lowest BCUT2D eigenvalue weighted by molar-refractivity contribution is -0.404. The Morgan fingerprint density at radius 1 is 1.22 bits per heavy atom. The van der Waals surface area contributed by atoms with Crippen molar-refractivity contribution in [2.45, 2.75) is 18.4 Å². The minimum Gasteiger partial charge on any atom is -0.366 e. The lowest BCUT2D eigenvalue weighted by atomic mass is 10.3. The zero-order valence-corrected chi connectivity index (χ0v) is 16.8. The van der Waals surface area contributed by atoms with Gasteiger partial charge in [0.15, 0.2) is 5.82 Å². The van der Waals surface area contributed by atoms with E-state index in [0.717, 1.165) is 40.6 Å². The molecular formula is C17H24N6O2S2. The van der Waals surface area contributed by atoms with E-state index in [-0.39, 0.29) is 0 Å². The number of nitrogens with one attached hydrogen (secondary N) is 3. The van der Waals surface area contributed by atoms with Gasteiger partial charge in [-0.1, -0.05) is 0 Å². The van der Waals surface area contributed by atoms with Crippen LogP contribution in [0.25, 0.3) is 0 Å². The summed E-state index contributed by atoms with van der Waals surface area (Å²) in [6, 6.07) is 3.98. The van der Waals surface area contributed by atoms with E-state index in [0.29, 0.717) is 18.9 Å². The Labute approximate surface area is 167 Å².